The van der Waals surface area contributed by atoms with E-state index in [0.717, 1.165) is 13.8 Å². The molecule has 4 heterocycles. The molecule has 1 saturated carbocycles. The second-order valence-electron chi connectivity index (χ2n) is 9.62. The second-order valence-corrected chi connectivity index (χ2v) is 9.62. The molecule has 2 fully saturated rings. The molecule has 0 aromatic carbocycles. The largest absolute Gasteiger partial charge is 0.509 e. The smallest absolute Gasteiger partial charge is 0.453 e. The van der Waals surface area contributed by atoms with Gasteiger partial charge in [-0.05, 0) is 43.7 Å². The fourth-order valence-electron chi connectivity index (χ4n) is 4.99. The summed E-state index contributed by atoms with van der Waals surface area (Å²) in [6.07, 6.45) is -0.788. The Balaban J connectivity index is 1.50. The Morgan fingerprint density at radius 2 is 1.85 bits per heavy atom. The van der Waals surface area contributed by atoms with E-state index < -0.39 is 53.2 Å². The summed E-state index contributed by atoms with van der Waals surface area (Å²) in [5.41, 5.74) is 2.14. The molecule has 1 saturated heterocycles. The minimum atomic E-state index is -2.01. The molecule has 2 aliphatic rings. The van der Waals surface area contributed by atoms with E-state index in [9.17, 15) is 19.6 Å². The number of nitrogen functional groups attached to an aromatic ring is 1. The van der Waals surface area contributed by atoms with Gasteiger partial charge >= 0.3 is 18.1 Å². The van der Waals surface area contributed by atoms with E-state index in [-0.39, 0.29) is 11.5 Å². The quantitative estimate of drug-likeness (QED) is 0.353. The van der Waals surface area contributed by atoms with E-state index in [0.29, 0.717) is 11.1 Å². The van der Waals surface area contributed by atoms with Crippen LogP contribution in [-0.2, 0) is 44.5 Å². The van der Waals surface area contributed by atoms with E-state index in [4.69, 9.17) is 29.4 Å². The lowest BCUT2D eigenvalue weighted by molar-refractivity contribution is -0.183. The molecule has 1 aliphatic carbocycles. The van der Waals surface area contributed by atoms with Crippen LogP contribution < -0.4 is 5.73 Å². The van der Waals surface area contributed by atoms with Crippen molar-refractivity contribution in [3.8, 4) is 6.07 Å². The minimum Gasteiger partial charge on any atom is -0.453 e. The number of nitriles is 1. The number of carbonyl (C=O) groups excluding carboxylic acids is 3. The van der Waals surface area contributed by atoms with Crippen LogP contribution in [0, 0.1) is 11.3 Å². The van der Waals surface area contributed by atoms with Crippen molar-refractivity contribution in [2.75, 3.05) is 5.73 Å². The topological polar surface area (TPSA) is 190 Å². The average molecular weight is 537 g/mol. The van der Waals surface area contributed by atoms with Crippen LogP contribution in [0.15, 0.2) is 43.0 Å². The number of esters is 2. The maximum Gasteiger partial charge on any atom is 0.509 e. The Kier molecular flexibility index (Phi) is 5.91. The Morgan fingerprint density at radius 1 is 1.13 bits per heavy atom. The molecule has 14 nitrogen and oxygen atoms in total. The van der Waals surface area contributed by atoms with Crippen molar-refractivity contribution in [3.63, 3.8) is 0 Å². The first kappa shape index (κ1) is 25.9. The summed E-state index contributed by atoms with van der Waals surface area (Å²) in [7, 11) is 0. The van der Waals surface area contributed by atoms with Gasteiger partial charge in [0.2, 0.25) is 11.2 Å². The van der Waals surface area contributed by atoms with Crippen molar-refractivity contribution in [2.24, 2.45) is 0 Å². The van der Waals surface area contributed by atoms with Gasteiger partial charge in [-0.3, -0.25) is 14.6 Å². The van der Waals surface area contributed by atoms with Crippen LogP contribution in [0.3, 0.4) is 0 Å². The molecule has 5 rings (SSSR count). The number of anilines is 1. The van der Waals surface area contributed by atoms with Gasteiger partial charge in [0.25, 0.3) is 0 Å². The Bertz CT molecular complexity index is 1520. The molecule has 2 N–H and O–H groups in total. The summed E-state index contributed by atoms with van der Waals surface area (Å²) in [6, 6.07) is 8.48. The molecule has 3 aromatic heterocycles. The minimum absolute atomic E-state index is 0.131. The lowest BCUT2D eigenvalue weighted by Gasteiger charge is -2.33. The van der Waals surface area contributed by atoms with E-state index >= 15 is 0 Å². The maximum atomic E-state index is 12.9. The summed E-state index contributed by atoms with van der Waals surface area (Å²) < 4.78 is 29.7. The SMILES string of the molecule is CC(=O)O[C@@H]1[C@@]2(OC(C)=O)C(OC(=O)OC(C)(C)c3ccncc3)[C@H]2O[C@@]1(C#N)c1ccc2c(N)ncnn12. The van der Waals surface area contributed by atoms with Gasteiger partial charge < -0.3 is 29.4 Å². The van der Waals surface area contributed by atoms with Crippen LogP contribution in [0.1, 0.15) is 39.0 Å². The van der Waals surface area contributed by atoms with Crippen molar-refractivity contribution >= 4 is 29.4 Å². The zero-order valence-electron chi connectivity index (χ0n) is 21.4. The Morgan fingerprint density at radius 3 is 2.49 bits per heavy atom. The van der Waals surface area contributed by atoms with Gasteiger partial charge in [-0.15, -0.1) is 0 Å². The fraction of sp³-hybridized carbons (Fsp3) is 0.400. The van der Waals surface area contributed by atoms with Gasteiger partial charge in [0.15, 0.2) is 18.0 Å². The average Bonchev–Trinajstić information content (AvgIpc) is 3.16. The predicted molar refractivity (Wildman–Crippen MR) is 128 cm³/mol. The number of ether oxygens (including phenoxy) is 5. The summed E-state index contributed by atoms with van der Waals surface area (Å²) in [5.74, 6) is -1.44. The van der Waals surface area contributed by atoms with Gasteiger partial charge in [-0.2, -0.15) is 10.4 Å². The van der Waals surface area contributed by atoms with E-state index in [1.165, 1.54) is 16.9 Å². The van der Waals surface area contributed by atoms with Crippen molar-refractivity contribution in [1.82, 2.24) is 19.6 Å². The van der Waals surface area contributed by atoms with Gasteiger partial charge in [-0.25, -0.2) is 14.3 Å². The predicted octanol–water partition coefficient (Wildman–Crippen LogP) is 1.53. The number of aromatic nitrogens is 4. The molecule has 1 aliphatic heterocycles. The monoisotopic (exact) mass is 536 g/mol. The number of hydrogen-bond donors (Lipinski definition) is 1. The zero-order valence-corrected chi connectivity index (χ0v) is 21.4. The van der Waals surface area contributed by atoms with E-state index in [2.05, 4.69) is 15.1 Å². The van der Waals surface area contributed by atoms with Crippen LogP contribution in [0.4, 0.5) is 10.6 Å². The first-order valence-corrected chi connectivity index (χ1v) is 11.8. The van der Waals surface area contributed by atoms with Gasteiger partial charge in [0.05, 0.1) is 5.69 Å². The van der Waals surface area contributed by atoms with E-state index in [1.54, 1.807) is 44.4 Å². The molecule has 0 amide bonds. The standard InChI is InChI=1S/C25H24N6O8/c1-13(32)35-21-24(11-26,17-6-5-16-20(27)29-12-30-31(16)17)38-19-18(25(19,21)37-14(2)33)36-22(34)39-23(3,4)15-7-9-28-10-8-15/h5-10,12,18-19,21H,1-4H3,(H2,27,29,30)/t18?,19-,21+,24+,25-/m1/s1. The van der Waals surface area contributed by atoms with Crippen LogP contribution in [0.2, 0.25) is 0 Å². The number of carbonyl (C=O) groups is 3. The molecule has 39 heavy (non-hydrogen) atoms. The summed E-state index contributed by atoms with van der Waals surface area (Å²) in [5, 5.41) is 14.6. The molecule has 0 spiro atoms. The zero-order chi connectivity index (χ0) is 28.2. The van der Waals surface area contributed by atoms with Crippen LogP contribution >= 0.6 is 0 Å². The molecule has 0 bridgehead atoms. The molecule has 14 heteroatoms. The normalized spacial score (nSPS) is 27.2. The highest BCUT2D eigenvalue weighted by atomic mass is 16.8. The number of nitrogens with two attached hydrogens (primary N) is 1. The first-order valence-electron chi connectivity index (χ1n) is 11.8. The number of pyridine rings is 1. The van der Waals surface area contributed by atoms with Gasteiger partial charge in [0.1, 0.15) is 29.6 Å². The lowest BCUT2D eigenvalue weighted by atomic mass is 9.90. The summed E-state index contributed by atoms with van der Waals surface area (Å²) >= 11 is 0. The number of rotatable bonds is 6. The first-order chi connectivity index (χ1) is 18.5. The lowest BCUT2D eigenvalue weighted by Crippen LogP contribution is -2.51. The van der Waals surface area contributed by atoms with Crippen molar-refractivity contribution in [2.45, 2.75) is 62.8 Å². The maximum absolute atomic E-state index is 12.9. The fourth-order valence-corrected chi connectivity index (χ4v) is 4.99. The third kappa shape index (κ3) is 3.98. The number of hydrogen-bond acceptors (Lipinski definition) is 13. The van der Waals surface area contributed by atoms with Crippen LogP contribution in [-0.4, -0.2) is 61.6 Å². The molecular formula is C25H24N6O8. The molecular weight excluding hydrogens is 512 g/mol. The third-order valence-electron chi connectivity index (χ3n) is 6.72. The molecule has 0 radical (unpaired) electrons. The molecule has 202 valence electrons. The number of nitrogens with zero attached hydrogens (tertiary/aromatic N) is 5. The number of fused-ring (bicyclic) bond motifs is 2. The molecule has 3 aromatic rings. The van der Waals surface area contributed by atoms with Crippen molar-refractivity contribution < 1.29 is 38.1 Å². The highest BCUT2D eigenvalue weighted by molar-refractivity contribution is 5.71. The van der Waals surface area contributed by atoms with Crippen LogP contribution in [0.25, 0.3) is 5.52 Å². The van der Waals surface area contributed by atoms with Gasteiger partial charge in [0, 0.05) is 26.2 Å². The highest BCUT2D eigenvalue weighted by Crippen LogP contribution is 2.62. The Hall–Kier alpha value is -4.77. The molecule has 5 atom stereocenters. The van der Waals surface area contributed by atoms with Crippen molar-refractivity contribution in [1.29, 1.82) is 5.26 Å². The highest BCUT2D eigenvalue weighted by Gasteiger charge is 2.88. The van der Waals surface area contributed by atoms with Gasteiger partial charge in [-0.1, -0.05) is 0 Å². The van der Waals surface area contributed by atoms with Crippen molar-refractivity contribution in [3.05, 3.63) is 54.2 Å². The summed E-state index contributed by atoms with van der Waals surface area (Å²) in [6.45, 7) is 5.56. The second kappa shape index (κ2) is 8.91. The summed E-state index contributed by atoms with van der Waals surface area (Å²) in [4.78, 5) is 45.2. The Labute approximate surface area is 221 Å². The molecule has 1 unspecified atom stereocenters. The van der Waals surface area contributed by atoms with Crippen LogP contribution in [0.5, 0.6) is 0 Å². The van der Waals surface area contributed by atoms with E-state index in [1.807, 2.05) is 6.07 Å². The third-order valence-corrected chi connectivity index (χ3v) is 6.72.